The van der Waals surface area contributed by atoms with Crippen molar-refractivity contribution >= 4 is 11.6 Å². The molecule has 100 valence electrons. The molecule has 0 heterocycles. The van der Waals surface area contributed by atoms with Crippen molar-refractivity contribution in [3.63, 3.8) is 0 Å². The maximum atomic E-state index is 9.51. The van der Waals surface area contributed by atoms with E-state index in [1.54, 1.807) is 37.3 Å². The van der Waals surface area contributed by atoms with E-state index in [0.717, 1.165) is 0 Å². The highest BCUT2D eigenvalue weighted by atomic mass is 35.5. The maximum Gasteiger partial charge on any atom is 0.132 e. The lowest BCUT2D eigenvalue weighted by Crippen LogP contribution is -1.94. The summed E-state index contributed by atoms with van der Waals surface area (Å²) in [5, 5.41) is 19.2. The Balaban J connectivity index is 2.26. The van der Waals surface area contributed by atoms with E-state index in [1.807, 2.05) is 12.1 Å². The second kappa shape index (κ2) is 6.06. The molecule has 0 fully saturated rings. The number of aliphatic hydroxyl groups is 2. The predicted octanol–water partition coefficient (Wildman–Crippen LogP) is 3.68. The molecule has 0 aliphatic rings. The minimum atomic E-state index is -0.619. The Hall–Kier alpha value is -1.55. The lowest BCUT2D eigenvalue weighted by molar-refractivity contribution is 0.199. The van der Waals surface area contributed by atoms with Crippen molar-refractivity contribution in [1.29, 1.82) is 0 Å². The molecule has 0 bridgehead atoms. The first-order chi connectivity index (χ1) is 9.11. The Morgan fingerprint density at radius 3 is 2.58 bits per heavy atom. The molecule has 1 unspecified atom stereocenters. The van der Waals surface area contributed by atoms with E-state index in [4.69, 9.17) is 16.3 Å². The third kappa shape index (κ3) is 3.26. The van der Waals surface area contributed by atoms with Crippen LogP contribution in [-0.2, 0) is 6.61 Å². The van der Waals surface area contributed by atoms with Crippen molar-refractivity contribution in [2.24, 2.45) is 0 Å². The fraction of sp³-hybridized carbons (Fsp3) is 0.200. The first kappa shape index (κ1) is 13.9. The van der Waals surface area contributed by atoms with Crippen molar-refractivity contribution in [1.82, 2.24) is 0 Å². The van der Waals surface area contributed by atoms with Crippen LogP contribution in [0.3, 0.4) is 0 Å². The number of rotatable bonds is 4. The minimum Gasteiger partial charge on any atom is -0.457 e. The molecule has 0 amide bonds. The highest BCUT2D eigenvalue weighted by Gasteiger charge is 2.09. The number of halogens is 1. The SMILES string of the molecule is CC(O)c1ccc(Oc2ccccc2CO)cc1Cl. The molecule has 0 saturated carbocycles. The molecule has 1 atom stereocenters. The van der Waals surface area contributed by atoms with Crippen molar-refractivity contribution in [3.8, 4) is 11.5 Å². The van der Waals surface area contributed by atoms with Crippen LogP contribution in [0.1, 0.15) is 24.2 Å². The van der Waals surface area contributed by atoms with Crippen LogP contribution in [-0.4, -0.2) is 10.2 Å². The lowest BCUT2D eigenvalue weighted by Gasteiger charge is -2.12. The van der Waals surface area contributed by atoms with Gasteiger partial charge in [0.25, 0.3) is 0 Å². The van der Waals surface area contributed by atoms with Crippen molar-refractivity contribution < 1.29 is 14.9 Å². The fourth-order valence-electron chi connectivity index (χ4n) is 1.77. The summed E-state index contributed by atoms with van der Waals surface area (Å²) in [5.74, 6) is 1.15. The van der Waals surface area contributed by atoms with Crippen molar-refractivity contribution in [3.05, 3.63) is 58.6 Å². The van der Waals surface area contributed by atoms with Gasteiger partial charge >= 0.3 is 0 Å². The monoisotopic (exact) mass is 278 g/mol. The molecular weight excluding hydrogens is 264 g/mol. The molecule has 3 nitrogen and oxygen atoms in total. The molecule has 0 aromatic heterocycles. The molecule has 2 aromatic rings. The summed E-state index contributed by atoms with van der Waals surface area (Å²) in [6, 6.07) is 12.4. The van der Waals surface area contributed by atoms with Crippen LogP contribution in [0, 0.1) is 0 Å². The summed E-state index contributed by atoms with van der Waals surface area (Å²) in [6.07, 6.45) is -0.619. The second-order valence-electron chi connectivity index (χ2n) is 4.23. The fourth-order valence-corrected chi connectivity index (χ4v) is 2.10. The van der Waals surface area contributed by atoms with Gasteiger partial charge in [0.2, 0.25) is 0 Å². The Kier molecular flexibility index (Phi) is 4.43. The second-order valence-corrected chi connectivity index (χ2v) is 4.63. The van der Waals surface area contributed by atoms with E-state index in [-0.39, 0.29) is 6.61 Å². The number of hydrogen-bond acceptors (Lipinski definition) is 3. The third-order valence-corrected chi connectivity index (χ3v) is 3.12. The van der Waals surface area contributed by atoms with Gasteiger partial charge in [-0.1, -0.05) is 35.9 Å². The van der Waals surface area contributed by atoms with Crippen molar-refractivity contribution in [2.75, 3.05) is 0 Å². The molecule has 0 aliphatic heterocycles. The maximum absolute atomic E-state index is 9.51. The van der Waals surface area contributed by atoms with Gasteiger partial charge < -0.3 is 14.9 Å². The van der Waals surface area contributed by atoms with Gasteiger partial charge in [0, 0.05) is 5.56 Å². The van der Waals surface area contributed by atoms with Gasteiger partial charge in [0.15, 0.2) is 0 Å². The van der Waals surface area contributed by atoms with Gasteiger partial charge in [0.05, 0.1) is 17.7 Å². The van der Waals surface area contributed by atoms with E-state index in [9.17, 15) is 10.2 Å². The highest BCUT2D eigenvalue weighted by molar-refractivity contribution is 6.31. The molecule has 4 heteroatoms. The first-order valence-electron chi connectivity index (χ1n) is 5.96. The van der Waals surface area contributed by atoms with Gasteiger partial charge in [-0.3, -0.25) is 0 Å². The summed E-state index contributed by atoms with van der Waals surface area (Å²) in [5.41, 5.74) is 1.36. The Labute approximate surface area is 117 Å². The average Bonchev–Trinajstić information content (AvgIpc) is 2.39. The number of para-hydroxylation sites is 1. The molecule has 0 saturated heterocycles. The van der Waals surface area contributed by atoms with E-state index >= 15 is 0 Å². The number of hydrogen-bond donors (Lipinski definition) is 2. The van der Waals surface area contributed by atoms with Crippen LogP contribution in [0.2, 0.25) is 5.02 Å². The number of benzene rings is 2. The Morgan fingerprint density at radius 1 is 1.21 bits per heavy atom. The minimum absolute atomic E-state index is 0.0876. The van der Waals surface area contributed by atoms with E-state index in [2.05, 4.69) is 0 Å². The molecular formula is C15H15ClO3. The van der Waals surface area contributed by atoms with Crippen LogP contribution in [0.4, 0.5) is 0 Å². The number of aliphatic hydroxyl groups excluding tert-OH is 2. The van der Waals surface area contributed by atoms with Crippen LogP contribution in [0.15, 0.2) is 42.5 Å². The zero-order valence-corrected chi connectivity index (χ0v) is 11.3. The van der Waals surface area contributed by atoms with Crippen LogP contribution in [0.25, 0.3) is 0 Å². The quantitative estimate of drug-likeness (QED) is 0.897. The summed E-state index contributed by atoms with van der Waals surface area (Å²) >= 11 is 6.07. The Bertz CT molecular complexity index is 567. The van der Waals surface area contributed by atoms with Gasteiger partial charge in [-0.25, -0.2) is 0 Å². The van der Waals surface area contributed by atoms with Crippen LogP contribution in [0.5, 0.6) is 11.5 Å². The highest BCUT2D eigenvalue weighted by Crippen LogP contribution is 2.31. The summed E-state index contributed by atoms with van der Waals surface area (Å²) in [4.78, 5) is 0. The smallest absolute Gasteiger partial charge is 0.132 e. The van der Waals surface area contributed by atoms with Gasteiger partial charge in [-0.05, 0) is 30.7 Å². The van der Waals surface area contributed by atoms with Gasteiger partial charge in [-0.2, -0.15) is 0 Å². The Morgan fingerprint density at radius 2 is 1.95 bits per heavy atom. The standard InChI is InChI=1S/C15H15ClO3/c1-10(18)13-7-6-12(8-14(13)16)19-15-5-3-2-4-11(15)9-17/h2-8,10,17-18H,9H2,1H3. The number of ether oxygens (including phenoxy) is 1. The van der Waals surface area contributed by atoms with Crippen LogP contribution >= 0.6 is 11.6 Å². The summed E-state index contributed by atoms with van der Waals surface area (Å²) < 4.78 is 5.69. The topological polar surface area (TPSA) is 49.7 Å². The van der Waals surface area contributed by atoms with Crippen molar-refractivity contribution in [2.45, 2.75) is 19.6 Å². The first-order valence-corrected chi connectivity index (χ1v) is 6.33. The lowest BCUT2D eigenvalue weighted by atomic mass is 10.1. The average molecular weight is 279 g/mol. The van der Waals surface area contributed by atoms with Crippen LogP contribution < -0.4 is 4.74 Å². The van der Waals surface area contributed by atoms with Gasteiger partial charge in [-0.15, -0.1) is 0 Å². The third-order valence-electron chi connectivity index (χ3n) is 2.79. The molecule has 19 heavy (non-hydrogen) atoms. The van der Waals surface area contributed by atoms with E-state index < -0.39 is 6.10 Å². The van der Waals surface area contributed by atoms with E-state index in [0.29, 0.717) is 27.6 Å². The zero-order chi connectivity index (χ0) is 13.8. The van der Waals surface area contributed by atoms with Gasteiger partial charge in [0.1, 0.15) is 11.5 Å². The molecule has 0 spiro atoms. The molecule has 0 radical (unpaired) electrons. The molecule has 2 N–H and O–H groups in total. The molecule has 0 aliphatic carbocycles. The summed E-state index contributed by atoms with van der Waals surface area (Å²) in [7, 11) is 0. The molecule has 2 rings (SSSR count). The zero-order valence-electron chi connectivity index (χ0n) is 10.5. The summed E-state index contributed by atoms with van der Waals surface area (Å²) in [6.45, 7) is 1.57. The predicted molar refractivity (Wildman–Crippen MR) is 74.5 cm³/mol. The normalized spacial score (nSPS) is 12.2. The van der Waals surface area contributed by atoms with E-state index in [1.165, 1.54) is 0 Å². The molecule has 2 aromatic carbocycles. The largest absolute Gasteiger partial charge is 0.457 e.